The summed E-state index contributed by atoms with van der Waals surface area (Å²) in [7, 11) is 4.64. The number of carbonyl (C=O) groups is 1. The average molecular weight is 506 g/mol. The Labute approximate surface area is 215 Å². The molecule has 3 aromatic carbocycles. The molecular weight excluding hydrogens is 476 g/mol. The van der Waals surface area contributed by atoms with Gasteiger partial charge in [-0.2, -0.15) is 0 Å². The van der Waals surface area contributed by atoms with Crippen molar-refractivity contribution in [3.05, 3.63) is 101 Å². The molecule has 37 heavy (non-hydrogen) atoms. The SMILES string of the molecule is COc1ccc(C(C)(C)c2cnc(C(=O)N(C)c3c(C)cccc3F)n2-c2ccc(F)cc2)cc1OC. The molecule has 0 aliphatic rings. The molecular formula is C29H29F2N3O3. The monoisotopic (exact) mass is 505 g/mol. The summed E-state index contributed by atoms with van der Waals surface area (Å²) in [5.74, 6) is -0.204. The van der Waals surface area contributed by atoms with Crippen molar-refractivity contribution in [1.82, 2.24) is 9.55 Å². The third-order valence-corrected chi connectivity index (χ3v) is 6.61. The van der Waals surface area contributed by atoms with Gasteiger partial charge in [-0.25, -0.2) is 13.8 Å². The minimum atomic E-state index is -0.675. The van der Waals surface area contributed by atoms with Gasteiger partial charge in [0.05, 0.1) is 31.8 Å². The van der Waals surface area contributed by atoms with Crippen molar-refractivity contribution >= 4 is 11.6 Å². The average Bonchev–Trinajstić information content (AvgIpc) is 3.34. The molecule has 4 rings (SSSR count). The fourth-order valence-electron chi connectivity index (χ4n) is 4.47. The van der Waals surface area contributed by atoms with E-state index in [1.54, 1.807) is 56.2 Å². The van der Waals surface area contributed by atoms with Crippen LogP contribution in [-0.4, -0.2) is 36.7 Å². The lowest BCUT2D eigenvalue weighted by molar-refractivity contribution is 0.0980. The second-order valence-corrected chi connectivity index (χ2v) is 9.24. The molecule has 0 aliphatic heterocycles. The minimum absolute atomic E-state index is 0.0697. The Bertz CT molecular complexity index is 1430. The predicted molar refractivity (Wildman–Crippen MR) is 139 cm³/mol. The van der Waals surface area contributed by atoms with E-state index in [2.05, 4.69) is 4.98 Å². The number of anilines is 1. The Hall–Kier alpha value is -4.20. The molecule has 6 nitrogen and oxygen atoms in total. The zero-order valence-corrected chi connectivity index (χ0v) is 21.7. The van der Waals surface area contributed by atoms with Crippen LogP contribution in [0.4, 0.5) is 14.5 Å². The van der Waals surface area contributed by atoms with Gasteiger partial charge < -0.3 is 14.4 Å². The number of carbonyl (C=O) groups excluding carboxylic acids is 1. The van der Waals surface area contributed by atoms with Crippen molar-refractivity contribution < 1.29 is 23.0 Å². The summed E-state index contributed by atoms with van der Waals surface area (Å²) < 4.78 is 41.1. The molecule has 0 spiro atoms. The molecule has 0 saturated carbocycles. The van der Waals surface area contributed by atoms with Crippen molar-refractivity contribution in [2.75, 3.05) is 26.2 Å². The van der Waals surface area contributed by atoms with Crippen LogP contribution in [0.1, 0.15) is 41.3 Å². The van der Waals surface area contributed by atoms with Crippen LogP contribution >= 0.6 is 0 Å². The first-order valence-corrected chi connectivity index (χ1v) is 11.7. The predicted octanol–water partition coefficient (Wildman–Crippen LogP) is 6.08. The Morgan fingerprint density at radius 3 is 2.27 bits per heavy atom. The molecule has 0 bridgehead atoms. The molecule has 0 aliphatic carbocycles. The van der Waals surface area contributed by atoms with Crippen molar-refractivity contribution in [3.63, 3.8) is 0 Å². The number of benzene rings is 3. The molecule has 4 aromatic rings. The summed E-state index contributed by atoms with van der Waals surface area (Å²) in [5, 5.41) is 0. The number of para-hydroxylation sites is 1. The van der Waals surface area contributed by atoms with Gasteiger partial charge in [-0.05, 0) is 60.5 Å². The van der Waals surface area contributed by atoms with E-state index in [9.17, 15) is 13.6 Å². The van der Waals surface area contributed by atoms with Crippen LogP contribution in [0, 0.1) is 18.6 Å². The number of nitrogens with zero attached hydrogens (tertiary/aromatic N) is 3. The second kappa shape index (κ2) is 10.0. The Morgan fingerprint density at radius 2 is 1.65 bits per heavy atom. The van der Waals surface area contributed by atoms with E-state index in [0.29, 0.717) is 28.4 Å². The van der Waals surface area contributed by atoms with E-state index in [1.165, 1.54) is 30.1 Å². The van der Waals surface area contributed by atoms with Crippen LogP contribution in [0.3, 0.4) is 0 Å². The maximum absolute atomic E-state index is 14.7. The number of amides is 1. The quantitative estimate of drug-likeness (QED) is 0.306. The van der Waals surface area contributed by atoms with Gasteiger partial charge in [0.15, 0.2) is 11.5 Å². The van der Waals surface area contributed by atoms with Crippen molar-refractivity contribution in [2.45, 2.75) is 26.2 Å². The highest BCUT2D eigenvalue weighted by atomic mass is 19.1. The number of ether oxygens (including phenoxy) is 2. The van der Waals surface area contributed by atoms with Gasteiger partial charge in [0.2, 0.25) is 5.82 Å². The summed E-state index contributed by atoms with van der Waals surface area (Å²) >= 11 is 0. The molecule has 0 fully saturated rings. The first-order chi connectivity index (χ1) is 17.6. The summed E-state index contributed by atoms with van der Waals surface area (Å²) in [5.41, 5.74) is 2.21. The molecule has 0 atom stereocenters. The number of aryl methyl sites for hydroxylation is 1. The molecule has 1 amide bonds. The summed E-state index contributed by atoms with van der Waals surface area (Å²) in [4.78, 5) is 19.5. The van der Waals surface area contributed by atoms with E-state index < -0.39 is 23.0 Å². The summed E-state index contributed by atoms with van der Waals surface area (Å²) in [6.07, 6.45) is 1.62. The van der Waals surface area contributed by atoms with Crippen molar-refractivity contribution in [2.24, 2.45) is 0 Å². The highest BCUT2D eigenvalue weighted by molar-refractivity contribution is 6.04. The number of halogens is 2. The molecule has 1 aromatic heterocycles. The molecule has 0 N–H and O–H groups in total. The minimum Gasteiger partial charge on any atom is -0.493 e. The lowest BCUT2D eigenvalue weighted by Crippen LogP contribution is -2.31. The summed E-state index contributed by atoms with van der Waals surface area (Å²) in [6.45, 7) is 5.72. The van der Waals surface area contributed by atoms with E-state index >= 15 is 0 Å². The smallest absolute Gasteiger partial charge is 0.294 e. The fourth-order valence-corrected chi connectivity index (χ4v) is 4.47. The Balaban J connectivity index is 1.89. The first kappa shape index (κ1) is 25.9. The van der Waals surface area contributed by atoms with Gasteiger partial charge in [0.1, 0.15) is 11.6 Å². The van der Waals surface area contributed by atoms with Crippen LogP contribution in [0.5, 0.6) is 11.5 Å². The number of imidazole rings is 1. The molecule has 192 valence electrons. The number of rotatable bonds is 7. The largest absolute Gasteiger partial charge is 0.493 e. The third-order valence-electron chi connectivity index (χ3n) is 6.61. The van der Waals surface area contributed by atoms with E-state index in [1.807, 2.05) is 32.0 Å². The van der Waals surface area contributed by atoms with E-state index in [4.69, 9.17) is 9.47 Å². The van der Waals surface area contributed by atoms with Crippen LogP contribution in [-0.2, 0) is 5.41 Å². The Kier molecular flexibility index (Phi) is 7.03. The van der Waals surface area contributed by atoms with Gasteiger partial charge in [-0.1, -0.05) is 32.0 Å². The maximum Gasteiger partial charge on any atom is 0.294 e. The van der Waals surface area contributed by atoms with Crippen LogP contribution in [0.2, 0.25) is 0 Å². The van der Waals surface area contributed by atoms with Crippen molar-refractivity contribution in [3.8, 4) is 17.2 Å². The molecule has 0 radical (unpaired) electrons. The highest BCUT2D eigenvalue weighted by Gasteiger charge is 2.33. The first-order valence-electron chi connectivity index (χ1n) is 11.7. The van der Waals surface area contributed by atoms with Crippen LogP contribution in [0.15, 0.2) is 66.9 Å². The molecule has 8 heteroatoms. The maximum atomic E-state index is 14.7. The fraction of sp³-hybridized carbons (Fsp3) is 0.241. The van der Waals surface area contributed by atoms with Crippen LogP contribution < -0.4 is 14.4 Å². The van der Waals surface area contributed by atoms with Gasteiger partial charge in [0.25, 0.3) is 5.91 Å². The van der Waals surface area contributed by atoms with Crippen molar-refractivity contribution in [1.29, 1.82) is 0 Å². The number of aromatic nitrogens is 2. The topological polar surface area (TPSA) is 56.6 Å². The van der Waals surface area contributed by atoms with Gasteiger partial charge in [-0.15, -0.1) is 0 Å². The van der Waals surface area contributed by atoms with Gasteiger partial charge in [-0.3, -0.25) is 9.36 Å². The molecule has 0 unspecified atom stereocenters. The lowest BCUT2D eigenvalue weighted by atomic mass is 9.81. The highest BCUT2D eigenvalue weighted by Crippen LogP contribution is 2.38. The Morgan fingerprint density at radius 1 is 0.973 bits per heavy atom. The number of hydrogen-bond acceptors (Lipinski definition) is 4. The second-order valence-electron chi connectivity index (χ2n) is 9.24. The van der Waals surface area contributed by atoms with E-state index in [0.717, 1.165) is 5.56 Å². The molecule has 0 saturated heterocycles. The van der Waals surface area contributed by atoms with Crippen LogP contribution in [0.25, 0.3) is 5.69 Å². The number of hydrogen-bond donors (Lipinski definition) is 0. The lowest BCUT2D eigenvalue weighted by Gasteiger charge is -2.28. The third kappa shape index (κ3) is 4.67. The molecule has 1 heterocycles. The normalized spacial score (nSPS) is 11.4. The standard InChI is InChI=1S/C29H29F2N3O3/c1-18-8-7-9-22(31)26(18)33(4)28(35)27-32-17-25(34(27)21-13-11-20(30)12-14-21)29(2,3)19-10-15-23(36-5)24(16-19)37-6/h7-17H,1-6H3. The summed E-state index contributed by atoms with van der Waals surface area (Å²) in [6, 6.07) is 16.0. The van der Waals surface area contributed by atoms with Gasteiger partial charge >= 0.3 is 0 Å². The number of methoxy groups -OCH3 is 2. The van der Waals surface area contributed by atoms with E-state index in [-0.39, 0.29) is 11.5 Å². The van der Waals surface area contributed by atoms with Gasteiger partial charge in [0, 0.05) is 18.2 Å². The zero-order chi connectivity index (χ0) is 26.9. The zero-order valence-electron chi connectivity index (χ0n) is 21.7.